The Labute approximate surface area is 176 Å². The molecule has 6 heteroatoms. The fraction of sp³-hybridized carbons (Fsp3) is 0.500. The van der Waals surface area contributed by atoms with Gasteiger partial charge in [0, 0.05) is 23.1 Å². The van der Waals surface area contributed by atoms with Gasteiger partial charge >= 0.3 is 0 Å². The normalized spacial score (nSPS) is 28.1. The van der Waals surface area contributed by atoms with Gasteiger partial charge in [-0.05, 0) is 54.1 Å². The zero-order valence-corrected chi connectivity index (χ0v) is 17.8. The van der Waals surface area contributed by atoms with Crippen LogP contribution >= 0.6 is 0 Å². The summed E-state index contributed by atoms with van der Waals surface area (Å²) >= 11 is 0. The summed E-state index contributed by atoms with van der Waals surface area (Å²) in [5, 5.41) is 4.34. The molecule has 3 saturated carbocycles. The lowest BCUT2D eigenvalue weighted by molar-refractivity contribution is -0.113. The first-order valence-corrected chi connectivity index (χ1v) is 10.9. The molecule has 1 amide bonds. The summed E-state index contributed by atoms with van der Waals surface area (Å²) in [4.78, 5) is 20.5. The monoisotopic (exact) mass is 406 g/mol. The molecule has 6 nitrogen and oxygen atoms in total. The van der Waals surface area contributed by atoms with Gasteiger partial charge in [0.05, 0.1) is 6.04 Å². The minimum Gasteiger partial charge on any atom is -0.446 e. The van der Waals surface area contributed by atoms with Gasteiger partial charge in [0.2, 0.25) is 5.89 Å². The molecule has 0 spiro atoms. The maximum Gasteiger partial charge on any atom is 0.273 e. The molecule has 1 aromatic carbocycles. The van der Waals surface area contributed by atoms with E-state index in [0.717, 1.165) is 22.9 Å². The van der Waals surface area contributed by atoms with E-state index in [9.17, 15) is 4.79 Å². The zero-order valence-electron chi connectivity index (χ0n) is 17.8. The number of hydrogen-bond donors (Lipinski definition) is 3. The summed E-state index contributed by atoms with van der Waals surface area (Å²) in [5.41, 5.74) is 9.25. The molecule has 4 N–H and O–H groups in total. The number of aromatic nitrogens is 2. The van der Waals surface area contributed by atoms with Gasteiger partial charge in [-0.15, -0.1) is 0 Å². The standard InChI is InChI=1S/C24H30N4O2/c1-13-17-9-15(24(17,2)3)10-20(13)27-22(29)21-12-30-23(28-21)18(25)8-14-11-26-19-7-5-4-6-16(14)19/h4-7,11-13,15,17-18,20,26H,8-10,25H2,1-3H3,(H,27,29). The third-order valence-corrected chi connectivity index (χ3v) is 7.86. The number of nitrogens with zero attached hydrogens (tertiary/aromatic N) is 1. The molecule has 2 bridgehead atoms. The number of oxazole rings is 1. The van der Waals surface area contributed by atoms with Crippen LogP contribution in [0.5, 0.6) is 0 Å². The van der Waals surface area contributed by atoms with E-state index >= 15 is 0 Å². The number of H-pyrrole nitrogens is 1. The fourth-order valence-corrected chi connectivity index (χ4v) is 5.77. The summed E-state index contributed by atoms with van der Waals surface area (Å²) in [6, 6.07) is 7.91. The number of fused-ring (bicyclic) bond motifs is 3. The van der Waals surface area contributed by atoms with E-state index in [-0.39, 0.29) is 11.9 Å². The van der Waals surface area contributed by atoms with E-state index < -0.39 is 6.04 Å². The lowest BCUT2D eigenvalue weighted by atomic mass is 9.45. The largest absolute Gasteiger partial charge is 0.446 e. The molecule has 0 saturated heterocycles. The van der Waals surface area contributed by atoms with Crippen LogP contribution in [0.1, 0.15) is 61.6 Å². The molecule has 0 radical (unpaired) electrons. The minimum absolute atomic E-state index is 0.166. The van der Waals surface area contributed by atoms with E-state index in [1.165, 1.54) is 12.7 Å². The van der Waals surface area contributed by atoms with E-state index in [4.69, 9.17) is 10.2 Å². The van der Waals surface area contributed by atoms with Crippen LogP contribution in [0.15, 0.2) is 41.1 Å². The fourth-order valence-electron chi connectivity index (χ4n) is 5.77. The molecule has 3 fully saturated rings. The molecular formula is C24H30N4O2. The molecule has 3 aromatic rings. The van der Waals surface area contributed by atoms with E-state index in [1.54, 1.807) is 0 Å². The highest BCUT2D eigenvalue weighted by atomic mass is 16.3. The van der Waals surface area contributed by atoms with Gasteiger partial charge in [0.1, 0.15) is 6.26 Å². The number of nitrogens with one attached hydrogen (secondary N) is 2. The van der Waals surface area contributed by atoms with Gasteiger partial charge in [0.25, 0.3) is 5.91 Å². The maximum absolute atomic E-state index is 12.8. The molecule has 2 aromatic heterocycles. The van der Waals surface area contributed by atoms with Gasteiger partial charge in [-0.2, -0.15) is 0 Å². The van der Waals surface area contributed by atoms with Crippen molar-refractivity contribution in [3.05, 3.63) is 53.9 Å². The first kappa shape index (κ1) is 19.4. The van der Waals surface area contributed by atoms with Crippen LogP contribution in [-0.4, -0.2) is 21.9 Å². The smallest absolute Gasteiger partial charge is 0.273 e. The third-order valence-electron chi connectivity index (χ3n) is 7.86. The summed E-state index contributed by atoms with van der Waals surface area (Å²) in [7, 11) is 0. The third kappa shape index (κ3) is 3.05. The van der Waals surface area contributed by atoms with Gasteiger partial charge in [0.15, 0.2) is 5.69 Å². The average molecular weight is 407 g/mol. The van der Waals surface area contributed by atoms with Crippen molar-refractivity contribution in [3.63, 3.8) is 0 Å². The van der Waals surface area contributed by atoms with Crippen LogP contribution in [-0.2, 0) is 6.42 Å². The Morgan fingerprint density at radius 3 is 2.93 bits per heavy atom. The highest BCUT2D eigenvalue weighted by Crippen LogP contribution is 2.61. The number of rotatable bonds is 5. The first-order chi connectivity index (χ1) is 14.3. The van der Waals surface area contributed by atoms with E-state index in [0.29, 0.717) is 41.2 Å². The van der Waals surface area contributed by atoms with Crippen molar-refractivity contribution in [1.82, 2.24) is 15.3 Å². The number of benzene rings is 1. The number of para-hydroxylation sites is 1. The Morgan fingerprint density at radius 2 is 2.17 bits per heavy atom. The number of carbonyl (C=O) groups is 1. The molecule has 3 aliphatic carbocycles. The number of nitrogens with two attached hydrogens (primary N) is 1. The highest BCUT2D eigenvalue weighted by Gasteiger charge is 2.56. The SMILES string of the molecule is CC1C(NC(=O)c2coc(C(N)Cc3c[nH]c4ccccc34)n2)CC2CC1C2(C)C. The lowest BCUT2D eigenvalue weighted by Gasteiger charge is -2.62. The van der Waals surface area contributed by atoms with Crippen LogP contribution in [0.2, 0.25) is 0 Å². The summed E-state index contributed by atoms with van der Waals surface area (Å²) in [5.74, 6) is 2.08. The number of amides is 1. The summed E-state index contributed by atoms with van der Waals surface area (Å²) in [6.07, 6.45) is 6.32. The van der Waals surface area contributed by atoms with Gasteiger partial charge < -0.3 is 20.5 Å². The van der Waals surface area contributed by atoms with Crippen LogP contribution < -0.4 is 11.1 Å². The second kappa shape index (κ2) is 6.98. The van der Waals surface area contributed by atoms with Crippen molar-refractivity contribution in [2.24, 2.45) is 28.9 Å². The highest BCUT2D eigenvalue weighted by molar-refractivity contribution is 5.92. The number of hydrogen-bond acceptors (Lipinski definition) is 4. The molecule has 158 valence electrons. The maximum atomic E-state index is 12.8. The Bertz CT molecular complexity index is 1080. The zero-order chi connectivity index (χ0) is 21.0. The van der Waals surface area contributed by atoms with Crippen molar-refractivity contribution in [2.75, 3.05) is 0 Å². The second-order valence-electron chi connectivity index (χ2n) is 9.78. The van der Waals surface area contributed by atoms with Crippen LogP contribution in [0.25, 0.3) is 10.9 Å². The predicted molar refractivity (Wildman–Crippen MR) is 116 cm³/mol. The quantitative estimate of drug-likeness (QED) is 0.591. The Kier molecular flexibility index (Phi) is 4.51. The lowest BCUT2D eigenvalue weighted by Crippen LogP contribution is -2.60. The molecule has 5 atom stereocenters. The molecule has 3 aliphatic rings. The van der Waals surface area contributed by atoms with E-state index in [2.05, 4.69) is 42.1 Å². The predicted octanol–water partition coefficient (Wildman–Crippen LogP) is 4.20. The van der Waals surface area contributed by atoms with Crippen LogP contribution in [0, 0.1) is 23.2 Å². The Morgan fingerprint density at radius 1 is 1.37 bits per heavy atom. The van der Waals surface area contributed by atoms with Crippen molar-refractivity contribution >= 4 is 16.8 Å². The average Bonchev–Trinajstić information content (AvgIpc) is 3.37. The second-order valence-corrected chi connectivity index (χ2v) is 9.78. The molecule has 5 unspecified atom stereocenters. The summed E-state index contributed by atoms with van der Waals surface area (Å²) in [6.45, 7) is 6.98. The minimum atomic E-state index is -0.409. The van der Waals surface area contributed by atoms with E-state index in [1.807, 2.05) is 24.4 Å². The molecule has 30 heavy (non-hydrogen) atoms. The molecule has 0 aliphatic heterocycles. The Hall–Kier alpha value is -2.60. The Balaban J connectivity index is 1.24. The van der Waals surface area contributed by atoms with Crippen molar-refractivity contribution in [1.29, 1.82) is 0 Å². The molecule has 6 rings (SSSR count). The van der Waals surface area contributed by atoms with Crippen molar-refractivity contribution < 1.29 is 9.21 Å². The molecular weight excluding hydrogens is 376 g/mol. The van der Waals surface area contributed by atoms with Crippen molar-refractivity contribution in [2.45, 2.75) is 52.1 Å². The topological polar surface area (TPSA) is 96.9 Å². The van der Waals surface area contributed by atoms with Crippen molar-refractivity contribution in [3.8, 4) is 0 Å². The van der Waals surface area contributed by atoms with Gasteiger partial charge in [-0.3, -0.25) is 4.79 Å². The van der Waals surface area contributed by atoms with Gasteiger partial charge in [-0.25, -0.2) is 4.98 Å². The van der Waals surface area contributed by atoms with Crippen LogP contribution in [0.3, 0.4) is 0 Å². The molecule has 2 heterocycles. The van der Waals surface area contributed by atoms with Crippen LogP contribution in [0.4, 0.5) is 0 Å². The number of carbonyl (C=O) groups excluding carboxylic acids is 1. The first-order valence-electron chi connectivity index (χ1n) is 10.9. The summed E-state index contributed by atoms with van der Waals surface area (Å²) < 4.78 is 5.58. The van der Waals surface area contributed by atoms with Gasteiger partial charge in [-0.1, -0.05) is 39.0 Å². The number of aromatic amines is 1.